The third-order valence-corrected chi connectivity index (χ3v) is 12.6. The van der Waals surface area contributed by atoms with Crippen LogP contribution < -0.4 is 0 Å². The van der Waals surface area contributed by atoms with Gasteiger partial charge in [-0.2, -0.15) is 0 Å². The molecule has 0 nitrogen and oxygen atoms in total. The summed E-state index contributed by atoms with van der Waals surface area (Å²) in [6.07, 6.45) is 18.9. The van der Waals surface area contributed by atoms with Crippen molar-refractivity contribution in [3.63, 3.8) is 0 Å². The molecule has 0 atom stereocenters. The number of hydrogen-bond donors (Lipinski definition) is 0. The second-order valence-electron chi connectivity index (χ2n) is 6.15. The van der Waals surface area contributed by atoms with Crippen molar-refractivity contribution in [2.45, 2.75) is 35.7 Å². The summed E-state index contributed by atoms with van der Waals surface area (Å²) in [5.41, 5.74) is 0. The van der Waals surface area contributed by atoms with Gasteiger partial charge in [0.15, 0.2) is 0 Å². The Morgan fingerprint density at radius 2 is 0.941 bits per heavy atom. The first-order valence-corrected chi connectivity index (χ1v) is 9.72. The summed E-state index contributed by atoms with van der Waals surface area (Å²) in [7, 11) is 0. The molecule has 0 amide bonds. The molecular formula is C16H22Zn. The third kappa shape index (κ3) is 2.27. The normalized spacial score (nSPS) is 22.9. The molecule has 88 valence electrons. The predicted octanol–water partition coefficient (Wildman–Crippen LogP) is 4.95. The summed E-state index contributed by atoms with van der Waals surface area (Å²) in [5.74, 6) is 1.46. The Balaban J connectivity index is 2.30. The Kier molecular flexibility index (Phi) is 3.59. The molecule has 0 N–H and O–H groups in total. The van der Waals surface area contributed by atoms with Crippen molar-refractivity contribution in [3.8, 4) is 0 Å². The van der Waals surface area contributed by atoms with Crippen LogP contribution in [0.1, 0.15) is 27.7 Å². The second-order valence-corrected chi connectivity index (χ2v) is 12.0. The van der Waals surface area contributed by atoms with Crippen LogP contribution in [0.3, 0.4) is 0 Å². The Morgan fingerprint density at radius 3 is 1.18 bits per heavy atom. The Bertz CT molecular complexity index is 332. The van der Waals surface area contributed by atoms with Gasteiger partial charge in [0.1, 0.15) is 0 Å². The fraction of sp³-hybridized carbons (Fsp3) is 0.500. The van der Waals surface area contributed by atoms with Crippen LogP contribution in [0.2, 0.25) is 8.02 Å². The van der Waals surface area contributed by atoms with E-state index in [1.807, 2.05) is 0 Å². The third-order valence-electron chi connectivity index (χ3n) is 4.61. The van der Waals surface area contributed by atoms with Gasteiger partial charge in [0.2, 0.25) is 0 Å². The van der Waals surface area contributed by atoms with E-state index in [2.05, 4.69) is 76.3 Å². The van der Waals surface area contributed by atoms with Gasteiger partial charge in [0.25, 0.3) is 0 Å². The van der Waals surface area contributed by atoms with Crippen LogP contribution in [-0.2, 0) is 17.1 Å². The van der Waals surface area contributed by atoms with Crippen molar-refractivity contribution in [2.75, 3.05) is 0 Å². The number of allylic oxidation sites excluding steroid dienone is 8. The average molecular weight is 280 g/mol. The molecule has 0 aromatic heterocycles. The van der Waals surface area contributed by atoms with Crippen LogP contribution >= 0.6 is 0 Å². The molecule has 0 aliphatic heterocycles. The van der Waals surface area contributed by atoms with E-state index in [-0.39, 0.29) is 0 Å². The van der Waals surface area contributed by atoms with Gasteiger partial charge < -0.3 is 0 Å². The minimum atomic E-state index is -0.810. The van der Waals surface area contributed by atoms with Gasteiger partial charge in [-0.05, 0) is 0 Å². The van der Waals surface area contributed by atoms with Crippen LogP contribution in [0, 0.1) is 11.8 Å². The quantitative estimate of drug-likeness (QED) is 0.639. The van der Waals surface area contributed by atoms with Gasteiger partial charge in [-0.25, -0.2) is 0 Å². The Hall–Kier alpha value is -0.417. The molecule has 0 fully saturated rings. The predicted molar refractivity (Wildman–Crippen MR) is 71.6 cm³/mol. The second kappa shape index (κ2) is 4.69. The first kappa shape index (κ1) is 13.0. The Morgan fingerprint density at radius 1 is 0.647 bits per heavy atom. The van der Waals surface area contributed by atoms with E-state index in [0.29, 0.717) is 8.02 Å². The molecule has 0 heterocycles. The van der Waals surface area contributed by atoms with E-state index in [9.17, 15) is 0 Å². The van der Waals surface area contributed by atoms with E-state index in [1.165, 1.54) is 0 Å². The molecule has 0 aromatic carbocycles. The van der Waals surface area contributed by atoms with Crippen molar-refractivity contribution in [1.29, 1.82) is 0 Å². The van der Waals surface area contributed by atoms with Crippen molar-refractivity contribution in [1.82, 2.24) is 0 Å². The average Bonchev–Trinajstić information content (AvgIpc) is 2.88. The van der Waals surface area contributed by atoms with E-state index in [4.69, 9.17) is 0 Å². The summed E-state index contributed by atoms with van der Waals surface area (Å²) < 4.78 is 0.854. The fourth-order valence-electron chi connectivity index (χ4n) is 2.99. The SMILES string of the molecule is CC(C)[C]1([Zn][C]2(C(C)C)C=CC=C2)C=CC=C1. The summed E-state index contributed by atoms with van der Waals surface area (Å²) in [4.78, 5) is 0. The molecule has 0 spiro atoms. The first-order chi connectivity index (χ1) is 8.01. The van der Waals surface area contributed by atoms with E-state index < -0.39 is 17.1 Å². The minimum absolute atomic E-state index is 0.427. The molecule has 0 bridgehead atoms. The van der Waals surface area contributed by atoms with Crippen molar-refractivity contribution < 1.29 is 17.1 Å². The van der Waals surface area contributed by atoms with Crippen LogP contribution in [0.15, 0.2) is 48.6 Å². The van der Waals surface area contributed by atoms with Crippen LogP contribution in [-0.4, -0.2) is 0 Å². The summed E-state index contributed by atoms with van der Waals surface area (Å²) >= 11 is -0.810. The molecule has 2 aliphatic rings. The van der Waals surface area contributed by atoms with E-state index in [1.54, 1.807) is 0 Å². The zero-order chi connectivity index (χ0) is 12.5. The topological polar surface area (TPSA) is 0 Å². The van der Waals surface area contributed by atoms with Gasteiger partial charge in [0, 0.05) is 0 Å². The first-order valence-electron chi connectivity index (χ1n) is 6.75. The fourth-order valence-corrected chi connectivity index (χ4v) is 9.06. The monoisotopic (exact) mass is 278 g/mol. The molecule has 2 aliphatic carbocycles. The maximum atomic E-state index is 2.47. The van der Waals surface area contributed by atoms with Gasteiger partial charge in [-0.15, -0.1) is 0 Å². The van der Waals surface area contributed by atoms with E-state index in [0.717, 1.165) is 11.8 Å². The molecule has 2 rings (SSSR count). The van der Waals surface area contributed by atoms with Crippen LogP contribution in [0.5, 0.6) is 0 Å². The van der Waals surface area contributed by atoms with Crippen LogP contribution in [0.4, 0.5) is 0 Å². The molecule has 0 saturated carbocycles. The molecular weight excluding hydrogens is 258 g/mol. The van der Waals surface area contributed by atoms with Gasteiger partial charge >= 0.3 is 113 Å². The zero-order valence-electron chi connectivity index (χ0n) is 11.5. The van der Waals surface area contributed by atoms with Crippen molar-refractivity contribution in [3.05, 3.63) is 48.6 Å². The zero-order valence-corrected chi connectivity index (χ0v) is 14.4. The van der Waals surface area contributed by atoms with Gasteiger partial charge in [-0.3, -0.25) is 0 Å². The van der Waals surface area contributed by atoms with Crippen molar-refractivity contribution in [2.24, 2.45) is 11.8 Å². The van der Waals surface area contributed by atoms with Crippen LogP contribution in [0.25, 0.3) is 0 Å². The van der Waals surface area contributed by atoms with Gasteiger partial charge in [-0.1, -0.05) is 0 Å². The molecule has 17 heavy (non-hydrogen) atoms. The molecule has 1 heteroatoms. The molecule has 0 aromatic rings. The molecule has 0 unspecified atom stereocenters. The summed E-state index contributed by atoms with van der Waals surface area (Å²) in [6, 6.07) is 0. The maximum absolute atomic E-state index is 2.47. The van der Waals surface area contributed by atoms with Gasteiger partial charge in [0.05, 0.1) is 0 Å². The standard InChI is InChI=1S/2C8H11.Zn/c2*1-7(2)8-5-3-4-6-8;/h2*3-7H,1-2H3;. The summed E-state index contributed by atoms with van der Waals surface area (Å²) in [5, 5.41) is 0. The Labute approximate surface area is 113 Å². The molecule has 0 radical (unpaired) electrons. The number of hydrogen-bond acceptors (Lipinski definition) is 0. The molecule has 0 saturated heterocycles. The number of rotatable bonds is 4. The van der Waals surface area contributed by atoms with E-state index >= 15 is 0 Å². The van der Waals surface area contributed by atoms with Crippen molar-refractivity contribution >= 4 is 0 Å². The summed E-state index contributed by atoms with van der Waals surface area (Å²) in [6.45, 7) is 9.51.